The highest BCUT2D eigenvalue weighted by atomic mass is 14.5. The summed E-state index contributed by atoms with van der Waals surface area (Å²) in [5, 5.41) is 20.9. The molecule has 3 aromatic carbocycles. The molecule has 0 aromatic heterocycles. The van der Waals surface area contributed by atoms with Crippen molar-refractivity contribution in [3.05, 3.63) is 96.1 Å². The van der Waals surface area contributed by atoms with E-state index in [9.17, 15) is 0 Å². The van der Waals surface area contributed by atoms with Gasteiger partial charge in [-0.1, -0.05) is 79.8 Å². The molecule has 1 unspecified atom stereocenters. The summed E-state index contributed by atoms with van der Waals surface area (Å²) in [6, 6.07) is 17.1. The molecule has 0 aliphatic heterocycles. The van der Waals surface area contributed by atoms with Crippen LogP contribution in [0.5, 0.6) is 0 Å². The van der Waals surface area contributed by atoms with Crippen LogP contribution >= 0.6 is 0 Å². The van der Waals surface area contributed by atoms with Crippen molar-refractivity contribution in [3.8, 4) is 0 Å². The third-order valence-electron chi connectivity index (χ3n) is 5.84. The smallest absolute Gasteiger partial charge is 0.0795 e. The molecule has 0 spiro atoms. The van der Waals surface area contributed by atoms with Crippen molar-refractivity contribution >= 4 is 44.1 Å². The Morgan fingerprint density at radius 2 is 1.24 bits per heavy atom. The summed E-state index contributed by atoms with van der Waals surface area (Å²) in [5.74, 6) is 0.578. The minimum Gasteiger partial charge on any atom is -0.299 e. The van der Waals surface area contributed by atoms with Gasteiger partial charge < -0.3 is 0 Å². The van der Waals surface area contributed by atoms with E-state index in [2.05, 4.69) is 73.7 Å². The van der Waals surface area contributed by atoms with E-state index >= 15 is 0 Å². The Morgan fingerprint density at radius 3 is 1.72 bits per heavy atom. The van der Waals surface area contributed by atoms with Crippen LogP contribution in [0.1, 0.15) is 24.5 Å². The Morgan fingerprint density at radius 1 is 0.690 bits per heavy atom. The van der Waals surface area contributed by atoms with Gasteiger partial charge in [0.05, 0.1) is 11.4 Å². The Bertz CT molecular complexity index is 1260. The molecule has 0 amide bonds. The minimum atomic E-state index is 0.255. The third-order valence-corrected chi connectivity index (χ3v) is 5.84. The third kappa shape index (κ3) is 2.89. The maximum atomic E-state index is 8.14. The second-order valence-electron chi connectivity index (χ2n) is 7.83. The van der Waals surface area contributed by atoms with Crippen molar-refractivity contribution in [3.63, 3.8) is 0 Å². The van der Waals surface area contributed by atoms with Gasteiger partial charge in [0, 0.05) is 0 Å². The second-order valence-corrected chi connectivity index (χ2v) is 7.83. The molecule has 2 nitrogen and oxygen atoms in total. The van der Waals surface area contributed by atoms with Crippen LogP contribution in [0.3, 0.4) is 0 Å². The maximum Gasteiger partial charge on any atom is 0.0795 e. The largest absolute Gasteiger partial charge is 0.299 e. The molecule has 0 bridgehead atoms. The fraction of sp³-hybridized carbons (Fsp3) is 0.111. The molecule has 29 heavy (non-hydrogen) atoms. The van der Waals surface area contributed by atoms with E-state index in [-0.39, 0.29) is 11.4 Å². The van der Waals surface area contributed by atoms with Gasteiger partial charge in [-0.25, -0.2) is 0 Å². The Hall–Kier alpha value is -3.52. The molecule has 2 aliphatic carbocycles. The van der Waals surface area contributed by atoms with E-state index in [0.29, 0.717) is 5.92 Å². The number of hydrogen-bond acceptors (Lipinski definition) is 2. The Balaban J connectivity index is 1.89. The van der Waals surface area contributed by atoms with Crippen molar-refractivity contribution in [2.24, 2.45) is 5.92 Å². The Labute approximate surface area is 170 Å². The number of rotatable bonds is 2. The Kier molecular flexibility index (Phi) is 4.13. The molecular weight excluding hydrogens is 352 g/mol. The van der Waals surface area contributed by atoms with E-state index in [1.807, 2.05) is 12.2 Å². The first-order valence-electron chi connectivity index (χ1n) is 10.0. The number of allylic oxidation sites excluding steroid dienone is 8. The highest BCUT2D eigenvalue weighted by molar-refractivity contribution is 6.50. The van der Waals surface area contributed by atoms with Crippen molar-refractivity contribution in [2.75, 3.05) is 0 Å². The molecule has 0 saturated heterocycles. The fourth-order valence-corrected chi connectivity index (χ4v) is 4.36. The van der Waals surface area contributed by atoms with Crippen LogP contribution in [-0.4, -0.2) is 11.4 Å². The van der Waals surface area contributed by atoms with Gasteiger partial charge in [-0.2, -0.15) is 0 Å². The van der Waals surface area contributed by atoms with Gasteiger partial charge in [0.15, 0.2) is 0 Å². The first-order chi connectivity index (χ1) is 14.1. The first kappa shape index (κ1) is 17.6. The van der Waals surface area contributed by atoms with Crippen LogP contribution in [0, 0.1) is 16.7 Å². The molecule has 2 heteroatoms. The van der Waals surface area contributed by atoms with Gasteiger partial charge in [-0.05, 0) is 68.3 Å². The normalized spacial score (nSPS) is 19.0. The van der Waals surface area contributed by atoms with Gasteiger partial charge >= 0.3 is 0 Å². The van der Waals surface area contributed by atoms with Crippen molar-refractivity contribution in [2.45, 2.75) is 13.3 Å². The number of fused-ring (bicyclic) bond motifs is 2. The summed E-state index contributed by atoms with van der Waals surface area (Å²) in [5.41, 5.74) is 5.21. The molecule has 0 radical (unpaired) electrons. The van der Waals surface area contributed by atoms with Gasteiger partial charge in [-0.15, -0.1) is 0 Å². The number of benzene rings is 3. The topological polar surface area (TPSA) is 47.7 Å². The molecule has 3 aromatic rings. The monoisotopic (exact) mass is 374 g/mol. The molecule has 0 fully saturated rings. The van der Waals surface area contributed by atoms with Crippen LogP contribution in [0.2, 0.25) is 0 Å². The maximum absolute atomic E-state index is 8.14. The zero-order chi connectivity index (χ0) is 20.0. The summed E-state index contributed by atoms with van der Waals surface area (Å²) in [6.07, 6.45) is 13.5. The summed E-state index contributed by atoms with van der Waals surface area (Å²) >= 11 is 0. The predicted molar refractivity (Wildman–Crippen MR) is 125 cm³/mol. The molecule has 5 rings (SSSR count). The lowest BCUT2D eigenvalue weighted by molar-refractivity contribution is 0.739. The zero-order valence-corrected chi connectivity index (χ0v) is 16.4. The van der Waals surface area contributed by atoms with Crippen molar-refractivity contribution in [1.82, 2.24) is 0 Å². The van der Waals surface area contributed by atoms with E-state index in [1.54, 1.807) is 6.08 Å². The summed E-state index contributed by atoms with van der Waals surface area (Å²) < 4.78 is 0. The van der Waals surface area contributed by atoms with E-state index < -0.39 is 0 Å². The average Bonchev–Trinajstić information content (AvgIpc) is 2.75. The average molecular weight is 374 g/mol. The second kappa shape index (κ2) is 6.82. The van der Waals surface area contributed by atoms with Crippen LogP contribution in [-0.2, 0) is 0 Å². The number of hydrogen-bond donors (Lipinski definition) is 2. The summed E-state index contributed by atoms with van der Waals surface area (Å²) in [7, 11) is 0. The van der Waals surface area contributed by atoms with Crippen molar-refractivity contribution < 1.29 is 0 Å². The zero-order valence-electron chi connectivity index (χ0n) is 16.4. The van der Waals surface area contributed by atoms with Gasteiger partial charge in [0.1, 0.15) is 0 Å². The standard InChI is InChI=1S/C27H22N2/c1-17-10-12-18(13-11-17)26-20-6-2-4-8-22(20)27(23-9-5-3-7-21(23)26)19-14-15-24(28)25(29)16-19/h2-10,12-17,28-29H,11H2,1H3. The van der Waals surface area contributed by atoms with Gasteiger partial charge in [0.2, 0.25) is 0 Å². The van der Waals surface area contributed by atoms with E-state index in [4.69, 9.17) is 10.8 Å². The van der Waals surface area contributed by atoms with Crippen LogP contribution in [0.4, 0.5) is 0 Å². The molecule has 0 heterocycles. The van der Waals surface area contributed by atoms with Crippen LogP contribution in [0.15, 0.2) is 85.0 Å². The van der Waals surface area contributed by atoms with Crippen LogP contribution in [0.25, 0.3) is 32.7 Å². The number of nitrogens with one attached hydrogen (secondary N) is 2. The molecule has 0 saturated carbocycles. The quantitative estimate of drug-likeness (QED) is 0.360. The lowest BCUT2D eigenvalue weighted by atomic mass is 9.83. The fourth-order valence-electron chi connectivity index (χ4n) is 4.36. The highest BCUT2D eigenvalue weighted by Gasteiger charge is 2.19. The summed E-state index contributed by atoms with van der Waals surface area (Å²) in [4.78, 5) is 0. The SMILES string of the molecule is CC1C=CC(c2c3ccccc3c(C3=CC(=N)C(=N)C=C3)c3ccccc23)=CC1. The molecule has 2 aliphatic rings. The summed E-state index contributed by atoms with van der Waals surface area (Å²) in [6.45, 7) is 2.25. The van der Waals surface area contributed by atoms with Gasteiger partial charge in [-0.3, -0.25) is 10.8 Å². The lowest BCUT2D eigenvalue weighted by Crippen LogP contribution is -2.10. The van der Waals surface area contributed by atoms with Gasteiger partial charge in [0.25, 0.3) is 0 Å². The van der Waals surface area contributed by atoms with Crippen molar-refractivity contribution in [1.29, 1.82) is 10.8 Å². The van der Waals surface area contributed by atoms with E-state index in [0.717, 1.165) is 17.6 Å². The minimum absolute atomic E-state index is 0.255. The molecule has 140 valence electrons. The first-order valence-corrected chi connectivity index (χ1v) is 10.0. The molecule has 2 N–H and O–H groups in total. The predicted octanol–water partition coefficient (Wildman–Crippen LogP) is 6.97. The van der Waals surface area contributed by atoms with E-state index in [1.165, 1.54) is 32.7 Å². The van der Waals surface area contributed by atoms with Crippen LogP contribution < -0.4 is 0 Å². The highest BCUT2D eigenvalue weighted by Crippen LogP contribution is 2.41. The lowest BCUT2D eigenvalue weighted by Gasteiger charge is -2.21. The molecule has 1 atom stereocenters. The molecular formula is C27H22N2.